The molecular formula is C30H36O4. The van der Waals surface area contributed by atoms with E-state index in [-0.39, 0.29) is 5.56 Å². The summed E-state index contributed by atoms with van der Waals surface area (Å²) in [5.41, 5.74) is -0.298. The molecule has 0 bridgehead atoms. The zero-order valence-electron chi connectivity index (χ0n) is 21.0. The van der Waals surface area contributed by atoms with Crippen LogP contribution in [0.2, 0.25) is 0 Å². The summed E-state index contributed by atoms with van der Waals surface area (Å²) in [6.45, 7) is 12.3. The number of aromatic carboxylic acids is 1. The van der Waals surface area contributed by atoms with Gasteiger partial charge in [0.2, 0.25) is 0 Å². The zero-order valence-corrected chi connectivity index (χ0v) is 21.0. The third-order valence-electron chi connectivity index (χ3n) is 6.49. The Hall–Kier alpha value is -2.95. The molecule has 0 aromatic heterocycles. The lowest BCUT2D eigenvalue weighted by Crippen LogP contribution is -2.38. The van der Waals surface area contributed by atoms with Crippen LogP contribution in [-0.2, 0) is 15.1 Å². The second-order valence-electron chi connectivity index (χ2n) is 9.97. The summed E-state index contributed by atoms with van der Waals surface area (Å²) < 4.78 is 13.3. The third-order valence-corrected chi connectivity index (χ3v) is 6.49. The maximum Gasteiger partial charge on any atom is 0.335 e. The number of hydrogen-bond donors (Lipinski definition) is 1. The summed E-state index contributed by atoms with van der Waals surface area (Å²) in [7, 11) is 0. The van der Waals surface area contributed by atoms with Crippen molar-refractivity contribution >= 4 is 5.97 Å². The summed E-state index contributed by atoms with van der Waals surface area (Å²) in [6.07, 6.45) is 23.0. The van der Waals surface area contributed by atoms with Crippen molar-refractivity contribution in [2.45, 2.75) is 70.4 Å². The van der Waals surface area contributed by atoms with Crippen molar-refractivity contribution in [3.8, 4) is 0 Å². The molecule has 4 heteroatoms. The molecular weight excluding hydrogens is 424 g/mol. The molecule has 0 amide bonds. The molecule has 34 heavy (non-hydrogen) atoms. The van der Waals surface area contributed by atoms with Gasteiger partial charge in [-0.15, -0.1) is 0 Å². The van der Waals surface area contributed by atoms with Crippen molar-refractivity contribution in [2.75, 3.05) is 0 Å². The number of carboxylic acids is 1. The van der Waals surface area contributed by atoms with E-state index in [2.05, 4.69) is 45.1 Å². The first-order chi connectivity index (χ1) is 15.9. The highest BCUT2D eigenvalue weighted by molar-refractivity contribution is 5.87. The molecule has 0 heterocycles. The SMILES string of the molecule is CCC(C)(OC1(C)C=CC=C(C(C)(C)OC2(C)C=CC=CC=C2)C=C1)c1cccc(C(=O)O)c1. The van der Waals surface area contributed by atoms with E-state index in [0.29, 0.717) is 6.42 Å². The van der Waals surface area contributed by atoms with E-state index in [1.54, 1.807) is 18.2 Å². The van der Waals surface area contributed by atoms with E-state index >= 15 is 0 Å². The Balaban J connectivity index is 1.83. The Kier molecular flexibility index (Phi) is 7.35. The van der Waals surface area contributed by atoms with Crippen LogP contribution in [0.15, 0.2) is 96.7 Å². The number of carboxylic acid groups (broad SMARTS) is 1. The molecule has 0 saturated carbocycles. The molecule has 1 N–H and O–H groups in total. The van der Waals surface area contributed by atoms with E-state index in [0.717, 1.165) is 11.1 Å². The molecule has 0 radical (unpaired) electrons. The monoisotopic (exact) mass is 460 g/mol. The Morgan fingerprint density at radius 1 is 0.912 bits per heavy atom. The van der Waals surface area contributed by atoms with Crippen LogP contribution in [0.4, 0.5) is 0 Å². The molecule has 2 aliphatic rings. The standard InChI is InChI=1S/C30H36O4/c1-7-30(6,25-15-12-14-23(22-25)26(31)32)34-29(5)20-13-16-24(17-21-29)27(2,3)33-28(4)18-10-8-9-11-19-28/h8-22H,7H2,1-6H3,(H,31,32). The van der Waals surface area contributed by atoms with E-state index in [4.69, 9.17) is 9.47 Å². The fraction of sp³-hybridized carbons (Fsp3) is 0.367. The van der Waals surface area contributed by atoms with E-state index in [1.807, 2.05) is 69.4 Å². The predicted molar refractivity (Wildman–Crippen MR) is 138 cm³/mol. The largest absolute Gasteiger partial charge is 0.478 e. The van der Waals surface area contributed by atoms with Crippen LogP contribution in [0.1, 0.15) is 63.9 Å². The molecule has 0 fully saturated rings. The topological polar surface area (TPSA) is 55.8 Å². The van der Waals surface area contributed by atoms with Crippen LogP contribution in [0.5, 0.6) is 0 Å². The molecule has 2 atom stereocenters. The molecule has 0 spiro atoms. The van der Waals surface area contributed by atoms with Crippen molar-refractivity contribution < 1.29 is 19.4 Å². The maximum absolute atomic E-state index is 11.5. The molecule has 2 aliphatic carbocycles. The number of hydrogen-bond acceptors (Lipinski definition) is 3. The van der Waals surface area contributed by atoms with Crippen molar-refractivity contribution in [2.24, 2.45) is 0 Å². The highest BCUT2D eigenvalue weighted by atomic mass is 16.5. The van der Waals surface area contributed by atoms with Gasteiger partial charge in [0, 0.05) is 0 Å². The van der Waals surface area contributed by atoms with Gasteiger partial charge in [-0.25, -0.2) is 4.79 Å². The molecule has 2 unspecified atom stereocenters. The molecule has 180 valence electrons. The minimum atomic E-state index is -0.945. The fourth-order valence-electron chi connectivity index (χ4n) is 4.33. The highest BCUT2D eigenvalue weighted by Crippen LogP contribution is 2.38. The molecule has 3 rings (SSSR count). The number of rotatable bonds is 8. The van der Waals surface area contributed by atoms with Gasteiger partial charge in [0.15, 0.2) is 0 Å². The first-order valence-electron chi connectivity index (χ1n) is 11.8. The lowest BCUT2D eigenvalue weighted by molar-refractivity contribution is -0.101. The molecule has 4 nitrogen and oxygen atoms in total. The van der Waals surface area contributed by atoms with Gasteiger partial charge in [-0.3, -0.25) is 0 Å². The number of carbonyl (C=O) groups is 1. The lowest BCUT2D eigenvalue weighted by Gasteiger charge is -2.38. The minimum Gasteiger partial charge on any atom is -0.478 e. The van der Waals surface area contributed by atoms with Gasteiger partial charge in [0.25, 0.3) is 0 Å². The molecule has 1 aromatic rings. The zero-order chi connectivity index (χ0) is 25.0. The van der Waals surface area contributed by atoms with Gasteiger partial charge in [0.05, 0.1) is 16.8 Å². The quantitative estimate of drug-likeness (QED) is 0.451. The van der Waals surface area contributed by atoms with Gasteiger partial charge in [-0.2, -0.15) is 0 Å². The van der Waals surface area contributed by atoms with Crippen LogP contribution in [0, 0.1) is 0 Å². The van der Waals surface area contributed by atoms with Gasteiger partial charge >= 0.3 is 5.97 Å². The lowest BCUT2D eigenvalue weighted by atomic mass is 9.90. The van der Waals surface area contributed by atoms with Crippen LogP contribution < -0.4 is 0 Å². The highest BCUT2D eigenvalue weighted by Gasteiger charge is 2.36. The molecule has 1 aromatic carbocycles. The summed E-state index contributed by atoms with van der Waals surface area (Å²) >= 11 is 0. The Labute approximate surface area is 203 Å². The average molecular weight is 461 g/mol. The van der Waals surface area contributed by atoms with Crippen LogP contribution >= 0.6 is 0 Å². The third kappa shape index (κ3) is 5.94. The molecule has 0 aliphatic heterocycles. The van der Waals surface area contributed by atoms with Crippen LogP contribution in [-0.4, -0.2) is 27.9 Å². The Morgan fingerprint density at radius 3 is 2.15 bits per heavy atom. The van der Waals surface area contributed by atoms with E-state index in [9.17, 15) is 9.90 Å². The van der Waals surface area contributed by atoms with E-state index < -0.39 is 28.4 Å². The second-order valence-corrected chi connectivity index (χ2v) is 9.97. The summed E-state index contributed by atoms with van der Waals surface area (Å²) in [4.78, 5) is 11.5. The van der Waals surface area contributed by atoms with Gasteiger partial charge in [-0.1, -0.05) is 61.6 Å². The van der Waals surface area contributed by atoms with Crippen molar-refractivity contribution in [1.29, 1.82) is 0 Å². The summed E-state index contributed by atoms with van der Waals surface area (Å²) in [5.74, 6) is -0.945. The average Bonchev–Trinajstić information content (AvgIpc) is 3.11. The van der Waals surface area contributed by atoms with Crippen molar-refractivity contribution in [1.82, 2.24) is 0 Å². The Bertz CT molecular complexity index is 1080. The van der Waals surface area contributed by atoms with Crippen LogP contribution in [0.3, 0.4) is 0 Å². The first kappa shape index (κ1) is 25.7. The molecule has 0 saturated heterocycles. The normalized spacial score (nSPS) is 23.2. The van der Waals surface area contributed by atoms with Gasteiger partial charge in [-0.05, 0) is 88.6 Å². The smallest absolute Gasteiger partial charge is 0.335 e. The van der Waals surface area contributed by atoms with Crippen molar-refractivity contribution in [3.63, 3.8) is 0 Å². The van der Waals surface area contributed by atoms with Crippen molar-refractivity contribution in [3.05, 3.63) is 108 Å². The van der Waals surface area contributed by atoms with Gasteiger partial charge in [0.1, 0.15) is 11.2 Å². The maximum atomic E-state index is 11.5. The minimum absolute atomic E-state index is 0.256. The predicted octanol–water partition coefficient (Wildman–Crippen LogP) is 7.07. The number of ether oxygens (including phenoxy) is 2. The first-order valence-corrected chi connectivity index (χ1v) is 11.8. The second kappa shape index (κ2) is 9.73. The summed E-state index contributed by atoms with van der Waals surface area (Å²) in [5, 5.41) is 9.42. The fourth-order valence-corrected chi connectivity index (χ4v) is 4.33. The Morgan fingerprint density at radius 2 is 1.53 bits per heavy atom. The summed E-state index contributed by atoms with van der Waals surface area (Å²) in [6, 6.07) is 6.99. The van der Waals surface area contributed by atoms with Gasteiger partial charge < -0.3 is 14.6 Å². The van der Waals surface area contributed by atoms with Crippen LogP contribution in [0.25, 0.3) is 0 Å². The number of allylic oxidation sites excluding steroid dienone is 6. The van der Waals surface area contributed by atoms with E-state index in [1.165, 1.54) is 0 Å². The number of benzene rings is 1.